The molecule has 0 atom stereocenters. The van der Waals surface area contributed by atoms with Crippen molar-refractivity contribution in [2.24, 2.45) is 0 Å². The lowest BCUT2D eigenvalue weighted by molar-refractivity contribution is 0.275. The number of aromatic nitrogens is 2. The van der Waals surface area contributed by atoms with E-state index >= 15 is 0 Å². The summed E-state index contributed by atoms with van der Waals surface area (Å²) in [5.74, 6) is 0.468. The maximum absolute atomic E-state index is 8.69. The number of aliphatic hydroxyl groups excluding tert-OH is 1. The summed E-state index contributed by atoms with van der Waals surface area (Å²) in [5, 5.41) is 8.69. The number of nitrogens with zero attached hydrogens (tertiary/aromatic N) is 2. The second kappa shape index (κ2) is 5.27. The van der Waals surface area contributed by atoms with E-state index in [0.29, 0.717) is 18.2 Å². The Labute approximate surface area is 76.9 Å². The van der Waals surface area contributed by atoms with Gasteiger partial charge in [-0.2, -0.15) is 0 Å². The van der Waals surface area contributed by atoms with E-state index in [4.69, 9.17) is 9.84 Å². The molecule has 0 saturated heterocycles. The van der Waals surface area contributed by atoms with Crippen molar-refractivity contribution in [3.8, 4) is 5.88 Å². The highest BCUT2D eigenvalue weighted by atomic mass is 16.5. The summed E-state index contributed by atoms with van der Waals surface area (Å²) in [6, 6.07) is 0. The van der Waals surface area contributed by atoms with Gasteiger partial charge in [-0.3, -0.25) is 4.98 Å². The molecule has 4 nitrogen and oxygen atoms in total. The highest BCUT2D eigenvalue weighted by Gasteiger charge is 1.95. The van der Waals surface area contributed by atoms with Gasteiger partial charge in [0.1, 0.15) is 6.61 Å². The van der Waals surface area contributed by atoms with Gasteiger partial charge < -0.3 is 9.84 Å². The molecule has 0 aliphatic carbocycles. The van der Waals surface area contributed by atoms with Crippen molar-refractivity contribution in [1.82, 2.24) is 9.97 Å². The van der Waals surface area contributed by atoms with Crippen LogP contribution in [-0.2, 0) is 6.61 Å². The molecule has 0 bridgehead atoms. The van der Waals surface area contributed by atoms with Crippen LogP contribution in [0, 0.1) is 0 Å². The van der Waals surface area contributed by atoms with Gasteiger partial charge in [-0.25, -0.2) is 4.98 Å². The average molecular weight is 180 g/mol. The number of ether oxygens (including phenoxy) is 1. The van der Waals surface area contributed by atoms with Gasteiger partial charge in [0.05, 0.1) is 24.7 Å². The van der Waals surface area contributed by atoms with Gasteiger partial charge in [-0.15, -0.1) is 0 Å². The van der Waals surface area contributed by atoms with Crippen LogP contribution in [0.4, 0.5) is 0 Å². The highest BCUT2D eigenvalue weighted by Crippen LogP contribution is 2.03. The van der Waals surface area contributed by atoms with Gasteiger partial charge in [-0.05, 0) is 6.92 Å². The van der Waals surface area contributed by atoms with E-state index in [1.807, 2.05) is 19.1 Å². The number of hydrogen-bond acceptors (Lipinski definition) is 4. The van der Waals surface area contributed by atoms with Crippen molar-refractivity contribution < 1.29 is 9.84 Å². The van der Waals surface area contributed by atoms with Gasteiger partial charge in [0.25, 0.3) is 0 Å². The number of rotatable bonds is 4. The first-order chi connectivity index (χ1) is 6.36. The number of aliphatic hydroxyl groups is 1. The van der Waals surface area contributed by atoms with E-state index in [1.165, 1.54) is 12.4 Å². The summed E-state index contributed by atoms with van der Waals surface area (Å²) in [5.41, 5.74) is 0.540. The fourth-order valence-electron chi connectivity index (χ4n) is 0.729. The first-order valence-corrected chi connectivity index (χ1v) is 4.02. The number of allylic oxidation sites excluding steroid dienone is 1. The molecular formula is C9H12N2O2. The van der Waals surface area contributed by atoms with Crippen LogP contribution in [0.5, 0.6) is 5.88 Å². The molecule has 4 heteroatoms. The van der Waals surface area contributed by atoms with Gasteiger partial charge in [0.15, 0.2) is 0 Å². The summed E-state index contributed by atoms with van der Waals surface area (Å²) in [6.07, 6.45) is 6.76. The van der Waals surface area contributed by atoms with Crippen molar-refractivity contribution in [2.75, 3.05) is 6.61 Å². The van der Waals surface area contributed by atoms with Crippen molar-refractivity contribution in [3.63, 3.8) is 0 Å². The van der Waals surface area contributed by atoms with E-state index in [9.17, 15) is 0 Å². The van der Waals surface area contributed by atoms with Crippen LogP contribution < -0.4 is 4.74 Å². The van der Waals surface area contributed by atoms with E-state index in [2.05, 4.69) is 9.97 Å². The third-order valence-electron chi connectivity index (χ3n) is 1.41. The maximum Gasteiger partial charge on any atom is 0.232 e. The van der Waals surface area contributed by atoms with Gasteiger partial charge >= 0.3 is 0 Å². The van der Waals surface area contributed by atoms with E-state index < -0.39 is 0 Å². The highest BCUT2D eigenvalue weighted by molar-refractivity contribution is 5.06. The first-order valence-electron chi connectivity index (χ1n) is 4.02. The summed E-state index contributed by atoms with van der Waals surface area (Å²) in [6.45, 7) is 2.32. The maximum atomic E-state index is 8.69. The molecule has 13 heavy (non-hydrogen) atoms. The van der Waals surface area contributed by atoms with E-state index in [1.54, 1.807) is 0 Å². The lowest BCUT2D eigenvalue weighted by atomic mass is 10.5. The molecule has 0 radical (unpaired) electrons. The van der Waals surface area contributed by atoms with Crippen LogP contribution in [0.15, 0.2) is 24.5 Å². The monoisotopic (exact) mass is 180 g/mol. The smallest absolute Gasteiger partial charge is 0.232 e. The second-order valence-electron chi connectivity index (χ2n) is 2.38. The van der Waals surface area contributed by atoms with Gasteiger partial charge in [0, 0.05) is 0 Å². The minimum absolute atomic E-state index is 0.0951. The molecule has 0 spiro atoms. The van der Waals surface area contributed by atoms with Crippen molar-refractivity contribution in [2.45, 2.75) is 13.5 Å². The molecule has 0 aromatic carbocycles. The third kappa shape index (κ3) is 3.21. The van der Waals surface area contributed by atoms with Crippen LogP contribution >= 0.6 is 0 Å². The third-order valence-corrected chi connectivity index (χ3v) is 1.41. The molecule has 1 rings (SSSR count). The normalized spacial score (nSPS) is 10.6. The Morgan fingerprint density at radius 3 is 2.85 bits per heavy atom. The van der Waals surface area contributed by atoms with Crippen molar-refractivity contribution >= 4 is 0 Å². The summed E-state index contributed by atoms with van der Waals surface area (Å²) in [4.78, 5) is 7.86. The number of hydrogen-bond donors (Lipinski definition) is 1. The Balaban J connectivity index is 2.49. The fourth-order valence-corrected chi connectivity index (χ4v) is 0.729. The second-order valence-corrected chi connectivity index (χ2v) is 2.38. The zero-order valence-electron chi connectivity index (χ0n) is 7.47. The Hall–Kier alpha value is -1.42. The molecule has 0 aliphatic rings. The molecule has 0 unspecified atom stereocenters. The van der Waals surface area contributed by atoms with Gasteiger partial charge in [0.2, 0.25) is 5.88 Å². The van der Waals surface area contributed by atoms with Crippen molar-refractivity contribution in [1.29, 1.82) is 0 Å². The molecule has 0 amide bonds. The zero-order valence-corrected chi connectivity index (χ0v) is 7.47. The molecular weight excluding hydrogens is 168 g/mol. The summed E-state index contributed by atoms with van der Waals surface area (Å²) in [7, 11) is 0. The van der Waals surface area contributed by atoms with Crippen LogP contribution in [-0.4, -0.2) is 21.7 Å². The molecule has 0 fully saturated rings. The van der Waals surface area contributed by atoms with E-state index in [0.717, 1.165) is 0 Å². The van der Waals surface area contributed by atoms with Crippen LogP contribution in [0.2, 0.25) is 0 Å². The van der Waals surface area contributed by atoms with Crippen LogP contribution in [0.3, 0.4) is 0 Å². The lowest BCUT2D eigenvalue weighted by Crippen LogP contribution is -1.98. The Bertz CT molecular complexity index is 269. The van der Waals surface area contributed by atoms with E-state index in [-0.39, 0.29) is 6.61 Å². The molecule has 1 heterocycles. The topological polar surface area (TPSA) is 55.2 Å². The molecule has 0 aliphatic heterocycles. The molecule has 0 saturated carbocycles. The van der Waals surface area contributed by atoms with Gasteiger partial charge in [-0.1, -0.05) is 12.2 Å². The Morgan fingerprint density at radius 2 is 2.31 bits per heavy atom. The first kappa shape index (κ1) is 9.67. The predicted molar refractivity (Wildman–Crippen MR) is 48.3 cm³/mol. The molecule has 1 aromatic heterocycles. The molecule has 70 valence electrons. The van der Waals surface area contributed by atoms with Crippen LogP contribution in [0.25, 0.3) is 0 Å². The average Bonchev–Trinajstić information content (AvgIpc) is 2.19. The zero-order chi connectivity index (χ0) is 9.52. The molecule has 1 N–H and O–H groups in total. The summed E-state index contributed by atoms with van der Waals surface area (Å²) >= 11 is 0. The molecule has 1 aromatic rings. The quantitative estimate of drug-likeness (QED) is 0.700. The van der Waals surface area contributed by atoms with Crippen molar-refractivity contribution in [3.05, 3.63) is 30.2 Å². The largest absolute Gasteiger partial charge is 0.472 e. The summed E-state index contributed by atoms with van der Waals surface area (Å²) < 4.78 is 5.20. The SMILES string of the molecule is C/C=C/COc1cnc(CO)cn1. The Morgan fingerprint density at radius 1 is 1.46 bits per heavy atom. The standard InChI is InChI=1S/C9H12N2O2/c1-2-3-4-13-9-6-10-8(7-12)5-11-9/h2-3,5-6,12H,4,7H2,1H3/b3-2+. The minimum Gasteiger partial charge on any atom is -0.472 e. The predicted octanol–water partition coefficient (Wildman–Crippen LogP) is 0.924. The van der Waals surface area contributed by atoms with Crippen LogP contribution in [0.1, 0.15) is 12.6 Å². The lowest BCUT2D eigenvalue weighted by Gasteiger charge is -2.01. The Kier molecular flexibility index (Phi) is 3.92. The fraction of sp³-hybridized carbons (Fsp3) is 0.333. The minimum atomic E-state index is -0.0951.